The first-order valence-corrected chi connectivity index (χ1v) is 9.35. The molecule has 0 fully saturated rings. The summed E-state index contributed by atoms with van der Waals surface area (Å²) in [5.74, 6) is -0.960. The van der Waals surface area contributed by atoms with Gasteiger partial charge in [0.1, 0.15) is 11.4 Å². The maximum absolute atomic E-state index is 14.6. The van der Waals surface area contributed by atoms with Crippen molar-refractivity contribution in [3.63, 3.8) is 0 Å². The topological polar surface area (TPSA) is 44.1 Å². The lowest BCUT2D eigenvalue weighted by atomic mass is 10.0. The first kappa shape index (κ1) is 18.6. The largest absolute Gasteiger partial charge is 0.462 e. The van der Waals surface area contributed by atoms with Gasteiger partial charge in [-0.2, -0.15) is 5.10 Å². The predicted molar refractivity (Wildman–Crippen MR) is 110 cm³/mol. The average Bonchev–Trinajstić information content (AvgIpc) is 3.20. The van der Waals surface area contributed by atoms with Gasteiger partial charge in [-0.3, -0.25) is 0 Å². The van der Waals surface area contributed by atoms with Gasteiger partial charge in [-0.05, 0) is 42.3 Å². The van der Waals surface area contributed by atoms with Crippen molar-refractivity contribution >= 4 is 5.97 Å². The summed E-state index contributed by atoms with van der Waals surface area (Å²) in [6, 6.07) is 24.1. The Bertz CT molecular complexity index is 1140. The highest BCUT2D eigenvalue weighted by Crippen LogP contribution is 2.30. The number of hydrogen-bond donors (Lipinski definition) is 0. The van der Waals surface area contributed by atoms with E-state index in [1.807, 2.05) is 54.6 Å². The standard InChI is InChI=1S/C24H19FN2O2/c1-2-29-24(28)21-16-26-27(23(21)20-10-6-7-11-22(20)25)19-14-12-18(13-15-19)17-8-4-3-5-9-17/h3-16H,2H2,1H3. The molecule has 1 heterocycles. The molecule has 29 heavy (non-hydrogen) atoms. The fraction of sp³-hybridized carbons (Fsp3) is 0.0833. The van der Waals surface area contributed by atoms with Gasteiger partial charge in [0.2, 0.25) is 0 Å². The van der Waals surface area contributed by atoms with Crippen molar-refractivity contribution in [1.82, 2.24) is 9.78 Å². The van der Waals surface area contributed by atoms with Crippen LogP contribution in [0.5, 0.6) is 0 Å². The lowest BCUT2D eigenvalue weighted by molar-refractivity contribution is 0.0527. The van der Waals surface area contributed by atoms with Crippen LogP contribution < -0.4 is 0 Å². The Hall–Kier alpha value is -3.73. The second-order valence-corrected chi connectivity index (χ2v) is 6.43. The minimum absolute atomic E-state index is 0.226. The molecule has 3 aromatic carbocycles. The minimum Gasteiger partial charge on any atom is -0.462 e. The zero-order valence-corrected chi connectivity index (χ0v) is 15.9. The number of carbonyl (C=O) groups excluding carboxylic acids is 1. The van der Waals surface area contributed by atoms with E-state index in [2.05, 4.69) is 5.10 Å². The highest BCUT2D eigenvalue weighted by atomic mass is 19.1. The van der Waals surface area contributed by atoms with E-state index in [0.29, 0.717) is 11.3 Å². The molecular weight excluding hydrogens is 367 g/mol. The molecule has 144 valence electrons. The Kier molecular flexibility index (Phi) is 5.20. The van der Waals surface area contributed by atoms with Gasteiger partial charge in [0.25, 0.3) is 0 Å². The van der Waals surface area contributed by atoms with Gasteiger partial charge >= 0.3 is 5.97 Å². The average molecular weight is 386 g/mol. The second kappa shape index (κ2) is 8.10. The summed E-state index contributed by atoms with van der Waals surface area (Å²) in [4.78, 5) is 12.4. The van der Waals surface area contributed by atoms with E-state index >= 15 is 0 Å². The first-order chi connectivity index (χ1) is 14.2. The van der Waals surface area contributed by atoms with Crippen LogP contribution in [-0.2, 0) is 4.74 Å². The van der Waals surface area contributed by atoms with Gasteiger partial charge in [-0.25, -0.2) is 13.9 Å². The third-order valence-corrected chi connectivity index (χ3v) is 4.61. The SMILES string of the molecule is CCOC(=O)c1cnn(-c2ccc(-c3ccccc3)cc2)c1-c1ccccc1F. The number of hydrogen-bond acceptors (Lipinski definition) is 3. The summed E-state index contributed by atoms with van der Waals surface area (Å²) >= 11 is 0. The summed E-state index contributed by atoms with van der Waals surface area (Å²) in [7, 11) is 0. The Morgan fingerprint density at radius 1 is 0.931 bits per heavy atom. The normalized spacial score (nSPS) is 10.7. The molecule has 0 atom stereocenters. The van der Waals surface area contributed by atoms with E-state index in [-0.39, 0.29) is 12.2 Å². The fourth-order valence-corrected chi connectivity index (χ4v) is 3.24. The number of halogens is 1. The number of benzene rings is 3. The van der Waals surface area contributed by atoms with Crippen LogP contribution in [0.15, 0.2) is 85.1 Å². The van der Waals surface area contributed by atoms with Crippen molar-refractivity contribution in [3.05, 3.63) is 96.4 Å². The van der Waals surface area contributed by atoms with Crippen molar-refractivity contribution in [3.8, 4) is 28.1 Å². The Morgan fingerprint density at radius 2 is 1.59 bits per heavy atom. The van der Waals surface area contributed by atoms with E-state index in [0.717, 1.165) is 16.8 Å². The van der Waals surface area contributed by atoms with E-state index in [4.69, 9.17) is 4.74 Å². The summed E-state index contributed by atoms with van der Waals surface area (Å²) in [5.41, 5.74) is 3.76. The molecule has 4 rings (SSSR count). The molecule has 0 N–H and O–H groups in total. The lowest BCUT2D eigenvalue weighted by Crippen LogP contribution is -2.07. The van der Waals surface area contributed by atoms with Crippen molar-refractivity contribution < 1.29 is 13.9 Å². The summed E-state index contributed by atoms with van der Waals surface area (Å²) < 4.78 is 21.3. The maximum Gasteiger partial charge on any atom is 0.342 e. The van der Waals surface area contributed by atoms with Crippen LogP contribution in [0.1, 0.15) is 17.3 Å². The number of ether oxygens (including phenoxy) is 1. The van der Waals surface area contributed by atoms with E-state index in [1.165, 1.54) is 12.3 Å². The Labute approximate surface area is 168 Å². The van der Waals surface area contributed by atoms with Crippen LogP contribution in [0, 0.1) is 5.82 Å². The predicted octanol–water partition coefficient (Wildman–Crippen LogP) is 5.52. The molecular formula is C24H19FN2O2. The summed E-state index contributed by atoms with van der Waals surface area (Å²) in [5, 5.41) is 4.36. The molecule has 5 heteroatoms. The zero-order valence-electron chi connectivity index (χ0n) is 15.9. The maximum atomic E-state index is 14.6. The van der Waals surface area contributed by atoms with Gasteiger partial charge < -0.3 is 4.74 Å². The fourth-order valence-electron chi connectivity index (χ4n) is 3.24. The third kappa shape index (κ3) is 3.67. The molecule has 4 aromatic rings. The zero-order chi connectivity index (χ0) is 20.2. The second-order valence-electron chi connectivity index (χ2n) is 6.43. The monoisotopic (exact) mass is 386 g/mol. The van der Waals surface area contributed by atoms with E-state index < -0.39 is 11.8 Å². The van der Waals surface area contributed by atoms with Crippen molar-refractivity contribution in [2.24, 2.45) is 0 Å². The summed E-state index contributed by atoms with van der Waals surface area (Å²) in [6.45, 7) is 1.96. The molecule has 0 unspecified atom stereocenters. The highest BCUT2D eigenvalue weighted by molar-refractivity contribution is 5.96. The van der Waals surface area contributed by atoms with Crippen LogP contribution in [0.2, 0.25) is 0 Å². The van der Waals surface area contributed by atoms with Crippen LogP contribution in [0.25, 0.3) is 28.1 Å². The minimum atomic E-state index is -0.530. The van der Waals surface area contributed by atoms with Crippen LogP contribution in [-0.4, -0.2) is 22.4 Å². The third-order valence-electron chi connectivity index (χ3n) is 4.61. The van der Waals surface area contributed by atoms with Crippen LogP contribution >= 0.6 is 0 Å². The molecule has 0 spiro atoms. The number of carbonyl (C=O) groups is 1. The Balaban J connectivity index is 1.82. The molecule has 1 aromatic heterocycles. The van der Waals surface area contributed by atoms with E-state index in [1.54, 1.807) is 29.8 Å². The van der Waals surface area contributed by atoms with Crippen LogP contribution in [0.3, 0.4) is 0 Å². The molecule has 0 aliphatic rings. The lowest BCUT2D eigenvalue weighted by Gasteiger charge is -2.11. The van der Waals surface area contributed by atoms with E-state index in [9.17, 15) is 9.18 Å². The first-order valence-electron chi connectivity index (χ1n) is 9.35. The highest BCUT2D eigenvalue weighted by Gasteiger charge is 2.23. The number of rotatable bonds is 5. The van der Waals surface area contributed by atoms with Crippen molar-refractivity contribution in [2.75, 3.05) is 6.61 Å². The molecule has 0 saturated carbocycles. The van der Waals surface area contributed by atoms with Gasteiger partial charge in [0.15, 0.2) is 0 Å². The summed E-state index contributed by atoms with van der Waals surface area (Å²) in [6.07, 6.45) is 1.42. The van der Waals surface area contributed by atoms with Gasteiger partial charge in [0, 0.05) is 5.56 Å². The van der Waals surface area contributed by atoms with Gasteiger partial charge in [-0.15, -0.1) is 0 Å². The number of esters is 1. The van der Waals surface area contributed by atoms with Gasteiger partial charge in [-0.1, -0.05) is 54.6 Å². The quantitative estimate of drug-likeness (QED) is 0.424. The number of aromatic nitrogens is 2. The van der Waals surface area contributed by atoms with Crippen LogP contribution in [0.4, 0.5) is 4.39 Å². The Morgan fingerprint density at radius 3 is 2.28 bits per heavy atom. The molecule has 0 radical (unpaired) electrons. The molecule has 0 aliphatic heterocycles. The van der Waals surface area contributed by atoms with Gasteiger partial charge in [0.05, 0.1) is 24.2 Å². The molecule has 0 aliphatic carbocycles. The molecule has 0 saturated heterocycles. The molecule has 0 amide bonds. The molecule has 4 nitrogen and oxygen atoms in total. The van der Waals surface area contributed by atoms with Crippen molar-refractivity contribution in [2.45, 2.75) is 6.92 Å². The smallest absolute Gasteiger partial charge is 0.342 e. The molecule has 0 bridgehead atoms. The number of nitrogens with zero attached hydrogens (tertiary/aromatic N) is 2. The van der Waals surface area contributed by atoms with Crippen molar-refractivity contribution in [1.29, 1.82) is 0 Å².